The molecule has 0 bridgehead atoms. The maximum absolute atomic E-state index is 12.4. The third-order valence-corrected chi connectivity index (χ3v) is 5.00. The van der Waals surface area contributed by atoms with Crippen LogP contribution in [0.3, 0.4) is 0 Å². The standard InChI is InChI=1S/C18H34N4O3/c1-18(2,3)15(24-5)13-20-17(19-4)22-10-8-21(9-11-22)16(23)14-7-6-12-25-14/h14-15H,6-13H2,1-5H3,(H,19,20). The zero-order valence-corrected chi connectivity index (χ0v) is 16.4. The van der Waals surface area contributed by atoms with Crippen molar-refractivity contribution >= 4 is 11.9 Å². The van der Waals surface area contributed by atoms with Gasteiger partial charge >= 0.3 is 0 Å². The summed E-state index contributed by atoms with van der Waals surface area (Å²) in [5.74, 6) is 1.02. The van der Waals surface area contributed by atoms with Crippen molar-refractivity contribution in [3.8, 4) is 0 Å². The molecule has 7 heteroatoms. The van der Waals surface area contributed by atoms with Gasteiger partial charge in [0.15, 0.2) is 5.96 Å². The molecule has 1 amide bonds. The summed E-state index contributed by atoms with van der Waals surface area (Å²) in [5, 5.41) is 3.42. The molecule has 2 saturated heterocycles. The number of hydrogen-bond donors (Lipinski definition) is 1. The van der Waals surface area contributed by atoms with Gasteiger partial charge in [-0.3, -0.25) is 9.79 Å². The van der Waals surface area contributed by atoms with Crippen molar-refractivity contribution in [1.29, 1.82) is 0 Å². The molecule has 144 valence electrons. The largest absolute Gasteiger partial charge is 0.379 e. The van der Waals surface area contributed by atoms with Gasteiger partial charge in [0, 0.05) is 53.5 Å². The number of guanidine groups is 1. The molecule has 0 aromatic carbocycles. The van der Waals surface area contributed by atoms with Crippen molar-refractivity contribution in [3.05, 3.63) is 0 Å². The third-order valence-electron chi connectivity index (χ3n) is 5.00. The van der Waals surface area contributed by atoms with Crippen LogP contribution in [-0.4, -0.2) is 87.4 Å². The predicted molar refractivity (Wildman–Crippen MR) is 98.7 cm³/mol. The van der Waals surface area contributed by atoms with Gasteiger partial charge in [0.05, 0.1) is 6.10 Å². The molecule has 7 nitrogen and oxygen atoms in total. The number of piperazine rings is 1. The molecule has 2 atom stereocenters. The molecule has 0 aliphatic carbocycles. The van der Waals surface area contributed by atoms with Gasteiger partial charge in [-0.15, -0.1) is 0 Å². The number of carbonyl (C=O) groups excluding carboxylic acids is 1. The smallest absolute Gasteiger partial charge is 0.251 e. The Kier molecular flexibility index (Phi) is 7.07. The number of methoxy groups -OCH3 is 1. The second-order valence-corrected chi connectivity index (χ2v) is 7.83. The van der Waals surface area contributed by atoms with Crippen LogP contribution in [0.5, 0.6) is 0 Å². The Morgan fingerprint density at radius 1 is 1.28 bits per heavy atom. The van der Waals surface area contributed by atoms with Crippen LogP contribution in [0.4, 0.5) is 0 Å². The molecule has 0 aromatic rings. The Labute approximate surface area is 151 Å². The summed E-state index contributed by atoms with van der Waals surface area (Å²) in [6.45, 7) is 10.9. The minimum Gasteiger partial charge on any atom is -0.379 e. The fourth-order valence-electron chi connectivity index (χ4n) is 3.37. The monoisotopic (exact) mass is 354 g/mol. The first-order valence-electron chi connectivity index (χ1n) is 9.25. The first-order chi connectivity index (χ1) is 11.9. The zero-order chi connectivity index (χ0) is 18.4. The molecule has 0 spiro atoms. The SMILES string of the molecule is CN=C(NCC(OC)C(C)(C)C)N1CCN(C(=O)C2CCCO2)CC1. The van der Waals surface area contributed by atoms with Gasteiger partial charge in [-0.25, -0.2) is 0 Å². The van der Waals surface area contributed by atoms with Crippen molar-refractivity contribution in [2.75, 3.05) is 53.5 Å². The van der Waals surface area contributed by atoms with Crippen LogP contribution < -0.4 is 5.32 Å². The lowest BCUT2D eigenvalue weighted by molar-refractivity contribution is -0.142. The van der Waals surface area contributed by atoms with Gasteiger partial charge in [-0.2, -0.15) is 0 Å². The Balaban J connectivity index is 1.82. The number of hydrogen-bond acceptors (Lipinski definition) is 4. The number of aliphatic imine (C=N–C) groups is 1. The maximum Gasteiger partial charge on any atom is 0.251 e. The molecule has 1 N–H and O–H groups in total. The fraction of sp³-hybridized carbons (Fsp3) is 0.889. The summed E-state index contributed by atoms with van der Waals surface area (Å²) in [5.41, 5.74) is 0.0625. The first-order valence-corrected chi connectivity index (χ1v) is 9.25. The number of carbonyl (C=O) groups is 1. The summed E-state index contributed by atoms with van der Waals surface area (Å²) in [6.07, 6.45) is 1.72. The van der Waals surface area contributed by atoms with Gasteiger partial charge < -0.3 is 24.6 Å². The lowest BCUT2D eigenvalue weighted by Gasteiger charge is -2.38. The van der Waals surface area contributed by atoms with Crippen LogP contribution in [0.25, 0.3) is 0 Å². The Hall–Kier alpha value is -1.34. The van der Waals surface area contributed by atoms with Crippen molar-refractivity contribution in [2.45, 2.75) is 45.8 Å². The van der Waals surface area contributed by atoms with Crippen molar-refractivity contribution < 1.29 is 14.3 Å². The molecule has 2 rings (SSSR count). The normalized spacial score (nSPS) is 23.7. The van der Waals surface area contributed by atoms with Crippen LogP contribution in [0, 0.1) is 5.41 Å². The number of nitrogens with one attached hydrogen (secondary N) is 1. The van der Waals surface area contributed by atoms with Crippen molar-refractivity contribution in [3.63, 3.8) is 0 Å². The average Bonchev–Trinajstić information content (AvgIpc) is 3.12. The van der Waals surface area contributed by atoms with Crippen LogP contribution >= 0.6 is 0 Å². The van der Waals surface area contributed by atoms with Crippen LogP contribution in [0.2, 0.25) is 0 Å². The van der Waals surface area contributed by atoms with E-state index >= 15 is 0 Å². The van der Waals surface area contributed by atoms with Gasteiger partial charge in [-0.05, 0) is 18.3 Å². The average molecular weight is 354 g/mol. The summed E-state index contributed by atoms with van der Waals surface area (Å²) < 4.78 is 11.1. The molecule has 2 aliphatic heterocycles. The van der Waals surface area contributed by atoms with E-state index in [9.17, 15) is 4.79 Å². The Morgan fingerprint density at radius 3 is 2.40 bits per heavy atom. The molecule has 0 aromatic heterocycles. The summed E-state index contributed by atoms with van der Waals surface area (Å²) in [6, 6.07) is 0. The first kappa shape index (κ1) is 20.0. The van der Waals surface area contributed by atoms with Gasteiger partial charge in [0.2, 0.25) is 0 Å². The van der Waals surface area contributed by atoms with E-state index in [1.54, 1.807) is 14.2 Å². The zero-order valence-electron chi connectivity index (χ0n) is 16.4. The van der Waals surface area contributed by atoms with E-state index in [0.29, 0.717) is 26.2 Å². The molecule has 2 heterocycles. The maximum atomic E-state index is 12.4. The van der Waals surface area contributed by atoms with Gasteiger partial charge in [0.25, 0.3) is 5.91 Å². The number of amides is 1. The molecule has 2 aliphatic rings. The highest BCUT2D eigenvalue weighted by Crippen LogP contribution is 2.21. The second-order valence-electron chi connectivity index (χ2n) is 7.83. The molecule has 0 saturated carbocycles. The van der Waals surface area contributed by atoms with E-state index < -0.39 is 0 Å². The highest BCUT2D eigenvalue weighted by Gasteiger charge is 2.31. The molecule has 2 fully saturated rings. The molecular formula is C18H34N4O3. The van der Waals surface area contributed by atoms with E-state index in [2.05, 4.69) is 36.0 Å². The highest BCUT2D eigenvalue weighted by molar-refractivity contribution is 5.82. The van der Waals surface area contributed by atoms with E-state index in [-0.39, 0.29) is 23.5 Å². The summed E-state index contributed by atoms with van der Waals surface area (Å²) in [7, 11) is 3.54. The number of ether oxygens (including phenoxy) is 2. The van der Waals surface area contributed by atoms with Gasteiger partial charge in [-0.1, -0.05) is 20.8 Å². The topological polar surface area (TPSA) is 66.4 Å². The van der Waals surface area contributed by atoms with E-state index in [4.69, 9.17) is 9.47 Å². The van der Waals surface area contributed by atoms with Crippen LogP contribution in [0.1, 0.15) is 33.6 Å². The summed E-state index contributed by atoms with van der Waals surface area (Å²) in [4.78, 5) is 21.0. The molecular weight excluding hydrogens is 320 g/mol. The summed E-state index contributed by atoms with van der Waals surface area (Å²) >= 11 is 0. The minimum absolute atomic E-state index is 0.0625. The quantitative estimate of drug-likeness (QED) is 0.601. The van der Waals surface area contributed by atoms with E-state index in [1.165, 1.54) is 0 Å². The predicted octanol–water partition coefficient (Wildman–Crippen LogP) is 0.946. The lowest BCUT2D eigenvalue weighted by atomic mass is 9.89. The van der Waals surface area contributed by atoms with E-state index in [1.807, 2.05) is 4.90 Å². The molecule has 0 radical (unpaired) electrons. The van der Waals surface area contributed by atoms with Gasteiger partial charge in [0.1, 0.15) is 6.10 Å². The second kappa shape index (κ2) is 8.85. The minimum atomic E-state index is -0.224. The third kappa shape index (κ3) is 5.31. The molecule has 2 unspecified atom stereocenters. The Morgan fingerprint density at radius 2 is 1.92 bits per heavy atom. The Bertz CT molecular complexity index is 461. The van der Waals surface area contributed by atoms with Crippen molar-refractivity contribution in [1.82, 2.24) is 15.1 Å². The van der Waals surface area contributed by atoms with Crippen molar-refractivity contribution in [2.24, 2.45) is 10.4 Å². The van der Waals surface area contributed by atoms with E-state index in [0.717, 1.165) is 31.9 Å². The van der Waals surface area contributed by atoms with Crippen LogP contribution in [-0.2, 0) is 14.3 Å². The lowest BCUT2D eigenvalue weighted by Crippen LogP contribution is -2.56. The molecule has 25 heavy (non-hydrogen) atoms. The number of nitrogens with zero attached hydrogens (tertiary/aromatic N) is 3. The van der Waals surface area contributed by atoms with Crippen LogP contribution in [0.15, 0.2) is 4.99 Å². The number of rotatable bonds is 4. The highest BCUT2D eigenvalue weighted by atomic mass is 16.5. The fourth-order valence-corrected chi connectivity index (χ4v) is 3.37.